The fraction of sp³-hybridized carbons (Fsp3) is 0.492. The van der Waals surface area contributed by atoms with Crippen molar-refractivity contribution in [2.24, 2.45) is 17.8 Å². The van der Waals surface area contributed by atoms with Gasteiger partial charge in [0.05, 0.1) is 72.9 Å². The molecule has 2 saturated carbocycles. The van der Waals surface area contributed by atoms with Crippen LogP contribution in [0.1, 0.15) is 130 Å². The third-order valence-corrected chi connectivity index (χ3v) is 17.4. The Morgan fingerprint density at radius 1 is 0.635 bits per heavy atom. The van der Waals surface area contributed by atoms with Gasteiger partial charge in [-0.25, -0.2) is 14.8 Å². The number of imidazole rings is 2. The first-order valence-corrected chi connectivity index (χ1v) is 27.0. The number of carbonyl (C=O) groups excluding carboxylic acids is 4. The summed E-state index contributed by atoms with van der Waals surface area (Å²) in [6.07, 6.45) is 9.99. The highest BCUT2D eigenvalue weighted by molar-refractivity contribution is 5.89. The molecule has 4 fully saturated rings. The minimum absolute atomic E-state index is 0.000364. The van der Waals surface area contributed by atoms with Crippen LogP contribution in [0.2, 0.25) is 0 Å². The number of amides is 3. The average Bonchev–Trinajstić information content (AvgIpc) is 4.21. The van der Waals surface area contributed by atoms with Crippen LogP contribution >= 0.6 is 0 Å². The minimum Gasteiger partial charge on any atom is -0.469 e. The topological polar surface area (TPSA) is 203 Å². The number of carbonyl (C=O) groups is 4. The van der Waals surface area contributed by atoms with Crippen LogP contribution in [-0.2, 0) is 49.5 Å². The molecule has 4 aromatic carbocycles. The lowest BCUT2D eigenvalue weighted by Crippen LogP contribution is -2.55. The van der Waals surface area contributed by atoms with Gasteiger partial charge in [-0.15, -0.1) is 0 Å². The molecule has 388 valence electrons. The molecule has 10 atom stereocenters. The van der Waals surface area contributed by atoms with Crippen molar-refractivity contribution in [2.45, 2.75) is 153 Å². The normalized spacial score (nSPS) is 24.1. The molecule has 4 bridgehead atoms. The van der Waals surface area contributed by atoms with Crippen molar-refractivity contribution in [2.75, 3.05) is 14.2 Å². The number of aromatic amines is 2. The molecule has 2 saturated heterocycles. The molecular formula is C59H69N7O8. The molecule has 2 aromatic heterocycles. The van der Waals surface area contributed by atoms with E-state index in [-0.39, 0.29) is 42.4 Å². The molecule has 6 aliphatic carbocycles. The Bertz CT molecular complexity index is 2900. The van der Waals surface area contributed by atoms with Crippen LogP contribution in [0.5, 0.6) is 0 Å². The van der Waals surface area contributed by atoms with Gasteiger partial charge in [0, 0.05) is 12.1 Å². The molecule has 10 unspecified atom stereocenters. The number of H-pyrrole nitrogens is 2. The highest BCUT2D eigenvalue weighted by atomic mass is 16.5. The Labute approximate surface area is 431 Å². The van der Waals surface area contributed by atoms with Crippen molar-refractivity contribution in [1.29, 1.82) is 0 Å². The van der Waals surface area contributed by atoms with Gasteiger partial charge in [-0.2, -0.15) is 0 Å². The number of aliphatic hydroxyl groups is 2. The summed E-state index contributed by atoms with van der Waals surface area (Å²) in [5, 5.41) is 24.0. The number of esters is 1. The second kappa shape index (κ2) is 20.6. The van der Waals surface area contributed by atoms with E-state index in [1.165, 1.54) is 54.5 Å². The number of alkyl carbamates (subject to hydrolysis) is 1. The largest absolute Gasteiger partial charge is 0.469 e. The van der Waals surface area contributed by atoms with Gasteiger partial charge < -0.3 is 44.8 Å². The minimum atomic E-state index is -1.14. The lowest BCUT2D eigenvalue weighted by atomic mass is 9.84. The molecule has 8 aliphatic rings. The van der Waals surface area contributed by atoms with E-state index in [2.05, 4.69) is 88.1 Å². The summed E-state index contributed by atoms with van der Waals surface area (Å²) in [5.41, 5.74) is 13.1. The van der Waals surface area contributed by atoms with E-state index in [0.29, 0.717) is 11.8 Å². The Kier molecular flexibility index (Phi) is 13.8. The Balaban J connectivity index is 0.849. The zero-order valence-electron chi connectivity index (χ0n) is 42.9. The van der Waals surface area contributed by atoms with E-state index >= 15 is 0 Å². The number of nitrogens with zero attached hydrogens (tertiary/aromatic N) is 4. The smallest absolute Gasteiger partial charge is 0.407 e. The summed E-state index contributed by atoms with van der Waals surface area (Å²) in [4.78, 5) is 74.8. The monoisotopic (exact) mass is 1000 g/mol. The third-order valence-electron chi connectivity index (χ3n) is 17.4. The Hall–Kier alpha value is -6.58. The fourth-order valence-electron chi connectivity index (χ4n) is 13.5. The maximum absolute atomic E-state index is 14.4. The predicted octanol–water partition coefficient (Wildman–Crippen LogP) is 8.99. The Morgan fingerprint density at radius 3 is 1.61 bits per heavy atom. The summed E-state index contributed by atoms with van der Waals surface area (Å²) in [6.45, 7) is 3.09. The molecule has 3 amide bonds. The summed E-state index contributed by atoms with van der Waals surface area (Å²) >= 11 is 0. The highest BCUT2D eigenvalue weighted by Gasteiger charge is 2.50. The summed E-state index contributed by atoms with van der Waals surface area (Å²) in [5.74, 6) is 0.164. The van der Waals surface area contributed by atoms with E-state index < -0.39 is 36.2 Å². The van der Waals surface area contributed by atoms with Gasteiger partial charge in [-0.3, -0.25) is 14.4 Å². The molecule has 4 heterocycles. The number of hydrogen-bond acceptors (Lipinski definition) is 10. The van der Waals surface area contributed by atoms with E-state index in [1.54, 1.807) is 6.92 Å². The van der Waals surface area contributed by atoms with E-state index in [9.17, 15) is 29.4 Å². The highest BCUT2D eigenvalue weighted by Crippen LogP contribution is 2.49. The molecule has 14 rings (SSSR count). The van der Waals surface area contributed by atoms with Crippen LogP contribution < -0.4 is 5.32 Å². The van der Waals surface area contributed by atoms with Crippen LogP contribution in [-0.4, -0.2) is 108 Å². The van der Waals surface area contributed by atoms with Crippen molar-refractivity contribution in [3.8, 4) is 22.3 Å². The van der Waals surface area contributed by atoms with Crippen molar-refractivity contribution >= 4 is 45.9 Å². The number of methoxy groups -OCH3 is 2. The quantitative estimate of drug-likeness (QED) is 0.0780. The first-order valence-electron chi connectivity index (χ1n) is 27.0. The zero-order valence-corrected chi connectivity index (χ0v) is 42.9. The fourth-order valence-corrected chi connectivity index (χ4v) is 13.5. The maximum Gasteiger partial charge on any atom is 0.407 e. The summed E-state index contributed by atoms with van der Waals surface area (Å²) < 4.78 is 9.75. The number of likely N-dealkylation sites (tertiary alicyclic amines) is 2. The Morgan fingerprint density at radius 2 is 1.14 bits per heavy atom. The number of benzene rings is 4. The molecule has 5 N–H and O–H groups in total. The van der Waals surface area contributed by atoms with Crippen molar-refractivity contribution in [3.63, 3.8) is 0 Å². The SMILES string of the molecule is COC(=O)CC(C(=O)N1C(c2nc3ccc(-c4cc5ccc4CCc4ccc(c(-c6ccc7nc(C8CC9CCCCC9N8C(=O)C(NC(=O)OC)C(C)O)[nH]c7c6)c4)CC5)cc3[nH]2)CC2CCCCC21)C(C)O. The summed E-state index contributed by atoms with van der Waals surface area (Å²) in [6, 6.07) is 24.9. The van der Waals surface area contributed by atoms with Gasteiger partial charge in [0.25, 0.3) is 0 Å². The van der Waals surface area contributed by atoms with Gasteiger partial charge in [0.2, 0.25) is 11.8 Å². The second-order valence-corrected chi connectivity index (χ2v) is 21.9. The van der Waals surface area contributed by atoms with Gasteiger partial charge in [-0.05, 0) is 159 Å². The zero-order chi connectivity index (χ0) is 51.4. The third kappa shape index (κ3) is 9.46. The molecular weight excluding hydrogens is 935 g/mol. The lowest BCUT2D eigenvalue weighted by molar-refractivity contribution is -0.151. The number of aliphatic hydroxyl groups excluding tert-OH is 2. The van der Waals surface area contributed by atoms with Crippen molar-refractivity contribution in [1.82, 2.24) is 35.1 Å². The van der Waals surface area contributed by atoms with Crippen molar-refractivity contribution < 1.29 is 38.9 Å². The van der Waals surface area contributed by atoms with Crippen LogP contribution in [0, 0.1) is 17.8 Å². The molecule has 74 heavy (non-hydrogen) atoms. The first kappa shape index (κ1) is 49.6. The number of fused-ring (bicyclic) bond motifs is 4. The number of nitrogens with one attached hydrogen (secondary N) is 3. The standard InChI is InChI=1S/C59H69N7O8/c1-32(67)42(31-53(69)73-3)57(70)65-49-11-7-5-9-40(49)29-51(65)55-60-45-23-21-38(27-47(45)62-55)43-25-34-13-17-36(43)18-14-35-16-20-37(19-15-34)44(26-35)39-22-24-46-48(28-39)63-56(61-46)52-30-41-10-6-8-12-50(41)66(52)58(71)54(33(2)68)64-59(72)74-4/h13,16-17,20-28,32-33,40-42,49-52,54,67-68H,5-12,14-15,18-19,29-31H2,1-4H3,(H,60,62)(H,61,63)(H,64,72). The second-order valence-electron chi connectivity index (χ2n) is 21.9. The van der Waals surface area contributed by atoms with E-state index in [0.717, 1.165) is 135 Å². The van der Waals surface area contributed by atoms with Crippen LogP contribution in [0.15, 0.2) is 72.8 Å². The number of rotatable bonds is 11. The summed E-state index contributed by atoms with van der Waals surface area (Å²) in [7, 11) is 2.56. The predicted molar refractivity (Wildman–Crippen MR) is 281 cm³/mol. The molecule has 0 radical (unpaired) electrons. The molecule has 0 spiro atoms. The first-order chi connectivity index (χ1) is 35.8. The molecule has 15 nitrogen and oxygen atoms in total. The number of ether oxygens (including phenoxy) is 2. The van der Waals surface area contributed by atoms with E-state index in [4.69, 9.17) is 19.4 Å². The molecule has 2 aliphatic heterocycles. The van der Waals surface area contributed by atoms with Crippen LogP contribution in [0.3, 0.4) is 0 Å². The van der Waals surface area contributed by atoms with Gasteiger partial charge >= 0.3 is 12.1 Å². The van der Waals surface area contributed by atoms with Crippen molar-refractivity contribution in [3.05, 3.63) is 107 Å². The average molecular weight is 1000 g/mol. The van der Waals surface area contributed by atoms with Gasteiger partial charge in [-0.1, -0.05) is 74.2 Å². The molecule has 15 heteroatoms. The van der Waals surface area contributed by atoms with Gasteiger partial charge in [0.15, 0.2) is 0 Å². The maximum atomic E-state index is 14.4. The lowest BCUT2D eigenvalue weighted by Gasteiger charge is -2.36. The van der Waals surface area contributed by atoms with Crippen LogP contribution in [0.25, 0.3) is 44.3 Å². The van der Waals surface area contributed by atoms with Crippen LogP contribution in [0.4, 0.5) is 4.79 Å². The van der Waals surface area contributed by atoms with Gasteiger partial charge in [0.1, 0.15) is 17.7 Å². The number of hydrogen-bond donors (Lipinski definition) is 5. The number of aromatic nitrogens is 4. The number of aryl methyl sites for hydroxylation is 4. The van der Waals surface area contributed by atoms with E-state index in [1.807, 2.05) is 9.80 Å². The molecule has 6 aromatic rings.